The predicted octanol–water partition coefficient (Wildman–Crippen LogP) is 7.84. The van der Waals surface area contributed by atoms with Crippen LogP contribution in [0.1, 0.15) is 106 Å². The third kappa shape index (κ3) is 3.47. The lowest BCUT2D eigenvalue weighted by Gasteiger charge is -2.58. The normalized spacial score (nSPS) is 45.4. The van der Waals surface area contributed by atoms with Crippen LogP contribution in [0.2, 0.25) is 0 Å². The molecule has 164 valence electrons. The van der Waals surface area contributed by atoms with Gasteiger partial charge in [0.25, 0.3) is 0 Å². The quantitative estimate of drug-likeness (QED) is 0.431. The Balaban J connectivity index is 1.53. The standard InChI is InChI=1S/C28H46O/c1-18(2)8-7-9-19(3)22-12-13-24-21-10-11-23-20(4)26(29)15-17-28(23,6)25(21)14-16-27(22,24)5/h10,18-20,22-25H,7-9,11-17H2,1-6H3/t19?,20-,22+,23?,24?,25?,27+,28-/m0/s1. The molecule has 0 heterocycles. The molecular formula is C28H46O. The summed E-state index contributed by atoms with van der Waals surface area (Å²) in [6.45, 7) is 14.7. The van der Waals surface area contributed by atoms with Gasteiger partial charge in [0.2, 0.25) is 0 Å². The molecule has 8 atom stereocenters. The summed E-state index contributed by atoms with van der Waals surface area (Å²) in [5.74, 6) is 5.61. The van der Waals surface area contributed by atoms with E-state index in [1.807, 2.05) is 5.57 Å². The summed E-state index contributed by atoms with van der Waals surface area (Å²) in [5.41, 5.74) is 2.74. The van der Waals surface area contributed by atoms with E-state index >= 15 is 0 Å². The number of rotatable bonds is 5. The van der Waals surface area contributed by atoms with Crippen LogP contribution in [-0.4, -0.2) is 5.78 Å². The molecule has 29 heavy (non-hydrogen) atoms. The fourth-order valence-electron chi connectivity index (χ4n) is 8.78. The van der Waals surface area contributed by atoms with Crippen molar-refractivity contribution in [2.75, 3.05) is 0 Å². The third-order valence-corrected chi connectivity index (χ3v) is 10.6. The molecule has 4 aliphatic carbocycles. The molecule has 1 nitrogen and oxygen atoms in total. The van der Waals surface area contributed by atoms with Crippen molar-refractivity contribution in [1.29, 1.82) is 0 Å². The number of Topliss-reactive ketones (excluding diaryl/α,β-unsaturated/α-hetero) is 1. The van der Waals surface area contributed by atoms with Crippen LogP contribution >= 0.6 is 0 Å². The van der Waals surface area contributed by atoms with Gasteiger partial charge in [-0.3, -0.25) is 4.79 Å². The minimum Gasteiger partial charge on any atom is -0.299 e. The zero-order valence-electron chi connectivity index (χ0n) is 20.1. The molecule has 0 N–H and O–H groups in total. The van der Waals surface area contributed by atoms with Crippen LogP contribution in [0, 0.1) is 52.3 Å². The van der Waals surface area contributed by atoms with Gasteiger partial charge >= 0.3 is 0 Å². The van der Waals surface area contributed by atoms with Crippen LogP contribution in [0.4, 0.5) is 0 Å². The summed E-state index contributed by atoms with van der Waals surface area (Å²) in [7, 11) is 0. The second-order valence-electron chi connectivity index (χ2n) is 12.4. The van der Waals surface area contributed by atoms with Gasteiger partial charge in [0.05, 0.1) is 0 Å². The number of carbonyl (C=O) groups is 1. The average Bonchev–Trinajstić information content (AvgIpc) is 3.02. The Kier molecular flexibility index (Phi) is 5.84. The van der Waals surface area contributed by atoms with Crippen LogP contribution in [0.3, 0.4) is 0 Å². The van der Waals surface area contributed by atoms with E-state index in [-0.39, 0.29) is 5.92 Å². The van der Waals surface area contributed by atoms with Crippen molar-refractivity contribution in [2.45, 2.75) is 106 Å². The summed E-state index contributed by atoms with van der Waals surface area (Å²) in [6.07, 6.45) is 15.7. The summed E-state index contributed by atoms with van der Waals surface area (Å²) in [5, 5.41) is 0. The van der Waals surface area contributed by atoms with Gasteiger partial charge in [-0.15, -0.1) is 0 Å². The lowest BCUT2D eigenvalue weighted by Crippen LogP contribution is -2.51. The topological polar surface area (TPSA) is 17.1 Å². The van der Waals surface area contributed by atoms with Crippen LogP contribution in [-0.2, 0) is 4.79 Å². The van der Waals surface area contributed by atoms with Gasteiger partial charge in [0.1, 0.15) is 5.78 Å². The maximum absolute atomic E-state index is 12.4. The van der Waals surface area contributed by atoms with Crippen molar-refractivity contribution in [2.24, 2.45) is 52.3 Å². The summed E-state index contributed by atoms with van der Waals surface area (Å²) < 4.78 is 0. The molecule has 3 saturated carbocycles. The Morgan fingerprint density at radius 2 is 1.72 bits per heavy atom. The second kappa shape index (κ2) is 7.83. The van der Waals surface area contributed by atoms with Crippen molar-refractivity contribution in [3.8, 4) is 0 Å². The smallest absolute Gasteiger partial charge is 0.136 e. The Morgan fingerprint density at radius 1 is 1.00 bits per heavy atom. The number of hydrogen-bond acceptors (Lipinski definition) is 1. The van der Waals surface area contributed by atoms with E-state index in [4.69, 9.17) is 0 Å². The number of ketones is 1. The molecule has 3 fully saturated rings. The highest BCUT2D eigenvalue weighted by molar-refractivity contribution is 5.82. The van der Waals surface area contributed by atoms with Gasteiger partial charge in [0, 0.05) is 12.3 Å². The molecule has 0 saturated heterocycles. The highest BCUT2D eigenvalue weighted by Crippen LogP contribution is 2.67. The molecule has 0 aromatic carbocycles. The first-order valence-corrected chi connectivity index (χ1v) is 12.9. The van der Waals surface area contributed by atoms with E-state index in [0.29, 0.717) is 22.5 Å². The van der Waals surface area contributed by atoms with Gasteiger partial charge in [-0.1, -0.05) is 72.5 Å². The second-order valence-corrected chi connectivity index (χ2v) is 12.4. The Morgan fingerprint density at radius 3 is 2.45 bits per heavy atom. The Hall–Kier alpha value is -0.590. The Labute approximate surface area is 180 Å². The minimum atomic E-state index is 0.275. The predicted molar refractivity (Wildman–Crippen MR) is 123 cm³/mol. The average molecular weight is 399 g/mol. The molecular weight excluding hydrogens is 352 g/mol. The largest absolute Gasteiger partial charge is 0.299 e. The molecule has 0 aliphatic heterocycles. The lowest BCUT2D eigenvalue weighted by atomic mass is 9.46. The summed E-state index contributed by atoms with van der Waals surface area (Å²) in [6, 6.07) is 0. The van der Waals surface area contributed by atoms with Crippen LogP contribution in [0.15, 0.2) is 11.6 Å². The van der Waals surface area contributed by atoms with E-state index in [2.05, 4.69) is 47.6 Å². The molecule has 1 heteroatoms. The highest BCUT2D eigenvalue weighted by Gasteiger charge is 2.59. The van der Waals surface area contributed by atoms with Gasteiger partial charge < -0.3 is 0 Å². The molecule has 0 spiro atoms. The molecule has 4 unspecified atom stereocenters. The number of carbonyl (C=O) groups excluding carboxylic acids is 1. The monoisotopic (exact) mass is 398 g/mol. The van der Waals surface area contributed by atoms with E-state index in [1.165, 1.54) is 44.9 Å². The summed E-state index contributed by atoms with van der Waals surface area (Å²) >= 11 is 0. The number of allylic oxidation sites excluding steroid dienone is 2. The van der Waals surface area contributed by atoms with Crippen LogP contribution < -0.4 is 0 Å². The first-order chi connectivity index (χ1) is 13.7. The van der Waals surface area contributed by atoms with Crippen molar-refractivity contribution < 1.29 is 4.79 Å². The van der Waals surface area contributed by atoms with Gasteiger partial charge in [0.15, 0.2) is 0 Å². The molecule has 0 bridgehead atoms. The summed E-state index contributed by atoms with van der Waals surface area (Å²) in [4.78, 5) is 12.4. The molecule has 4 aliphatic rings. The molecule has 0 aromatic heterocycles. The molecule has 0 aromatic rings. The maximum Gasteiger partial charge on any atom is 0.136 e. The number of hydrogen-bond donors (Lipinski definition) is 0. The van der Waals surface area contributed by atoms with Crippen molar-refractivity contribution in [3.05, 3.63) is 11.6 Å². The van der Waals surface area contributed by atoms with Crippen molar-refractivity contribution in [3.63, 3.8) is 0 Å². The zero-order valence-corrected chi connectivity index (χ0v) is 20.1. The fraction of sp³-hybridized carbons (Fsp3) is 0.893. The highest BCUT2D eigenvalue weighted by atomic mass is 16.1. The Bertz CT molecular complexity index is 659. The first-order valence-electron chi connectivity index (χ1n) is 12.9. The lowest BCUT2D eigenvalue weighted by molar-refractivity contribution is -0.134. The minimum absolute atomic E-state index is 0.275. The van der Waals surface area contributed by atoms with Gasteiger partial charge in [-0.2, -0.15) is 0 Å². The third-order valence-electron chi connectivity index (χ3n) is 10.6. The van der Waals surface area contributed by atoms with Crippen LogP contribution in [0.5, 0.6) is 0 Å². The van der Waals surface area contributed by atoms with Gasteiger partial charge in [-0.05, 0) is 84.9 Å². The SMILES string of the molecule is CC(C)CCCC(C)[C@H]1CCC2C3=CCC4[C@H](C)C(=O)CC[C@]4(C)C3CC[C@@]21C. The van der Waals surface area contributed by atoms with Crippen molar-refractivity contribution in [1.82, 2.24) is 0 Å². The number of fused-ring (bicyclic) bond motifs is 5. The van der Waals surface area contributed by atoms with Crippen LogP contribution in [0.25, 0.3) is 0 Å². The zero-order chi connectivity index (χ0) is 21.0. The molecule has 0 amide bonds. The molecule has 4 rings (SSSR count). The molecule has 0 radical (unpaired) electrons. The van der Waals surface area contributed by atoms with Gasteiger partial charge in [-0.25, -0.2) is 0 Å². The van der Waals surface area contributed by atoms with E-state index in [1.54, 1.807) is 0 Å². The fourth-order valence-corrected chi connectivity index (χ4v) is 8.78. The van der Waals surface area contributed by atoms with E-state index in [9.17, 15) is 4.79 Å². The van der Waals surface area contributed by atoms with E-state index in [0.717, 1.165) is 48.9 Å². The van der Waals surface area contributed by atoms with E-state index < -0.39 is 0 Å². The van der Waals surface area contributed by atoms with Crippen molar-refractivity contribution >= 4 is 5.78 Å². The maximum atomic E-state index is 12.4. The first kappa shape index (κ1) is 21.6.